The Morgan fingerprint density at radius 2 is 1.95 bits per heavy atom. The maximum atomic E-state index is 9.42. The molecular weight excluding hydrogens is 280 g/mol. The molecule has 0 saturated heterocycles. The SMILES string of the molecule is Nc1nc(Cl)cc(N[C@H](CO)Cc2ccc(O)cc2)n1. The van der Waals surface area contributed by atoms with Crippen molar-refractivity contribution in [3.8, 4) is 5.75 Å². The number of hydrogen-bond donors (Lipinski definition) is 4. The van der Waals surface area contributed by atoms with Crippen molar-refractivity contribution in [2.75, 3.05) is 17.7 Å². The summed E-state index contributed by atoms with van der Waals surface area (Å²) in [5.41, 5.74) is 6.48. The number of nitrogen functional groups attached to an aromatic ring is 1. The molecule has 0 saturated carbocycles. The van der Waals surface area contributed by atoms with E-state index < -0.39 is 0 Å². The third-order valence-electron chi connectivity index (χ3n) is 2.70. The minimum Gasteiger partial charge on any atom is -0.508 e. The molecule has 0 radical (unpaired) electrons. The minimum absolute atomic E-state index is 0.0707. The second kappa shape index (κ2) is 6.40. The molecule has 0 bridgehead atoms. The van der Waals surface area contributed by atoms with Gasteiger partial charge in [0.1, 0.15) is 16.7 Å². The lowest BCUT2D eigenvalue weighted by molar-refractivity contribution is 0.273. The predicted molar refractivity (Wildman–Crippen MR) is 77.8 cm³/mol. The van der Waals surface area contributed by atoms with Crippen molar-refractivity contribution in [1.29, 1.82) is 0 Å². The van der Waals surface area contributed by atoms with Gasteiger partial charge in [0.25, 0.3) is 0 Å². The van der Waals surface area contributed by atoms with Gasteiger partial charge in [-0.05, 0) is 24.1 Å². The fourth-order valence-electron chi connectivity index (χ4n) is 1.80. The van der Waals surface area contributed by atoms with Gasteiger partial charge in [0, 0.05) is 6.07 Å². The number of nitrogens with two attached hydrogens (primary N) is 1. The van der Waals surface area contributed by atoms with Crippen LogP contribution in [-0.2, 0) is 6.42 Å². The fraction of sp³-hybridized carbons (Fsp3) is 0.231. The summed E-state index contributed by atoms with van der Waals surface area (Å²) in [6.07, 6.45) is 0.568. The molecule has 0 aliphatic heterocycles. The molecule has 1 aromatic heterocycles. The van der Waals surface area contributed by atoms with E-state index in [0.29, 0.717) is 12.2 Å². The van der Waals surface area contributed by atoms with E-state index in [1.165, 1.54) is 6.07 Å². The van der Waals surface area contributed by atoms with E-state index in [4.69, 9.17) is 17.3 Å². The first-order valence-electron chi connectivity index (χ1n) is 6.02. The number of aromatic nitrogens is 2. The van der Waals surface area contributed by atoms with Gasteiger partial charge in [-0.15, -0.1) is 0 Å². The monoisotopic (exact) mass is 294 g/mol. The Morgan fingerprint density at radius 3 is 2.55 bits per heavy atom. The Balaban J connectivity index is 2.06. The van der Waals surface area contributed by atoms with Crippen LogP contribution in [0.4, 0.5) is 11.8 Å². The zero-order valence-electron chi connectivity index (χ0n) is 10.6. The quantitative estimate of drug-likeness (QED) is 0.622. The Kier molecular flexibility index (Phi) is 4.60. The lowest BCUT2D eigenvalue weighted by Crippen LogP contribution is -2.27. The maximum Gasteiger partial charge on any atom is 0.223 e. The first-order valence-corrected chi connectivity index (χ1v) is 6.40. The minimum atomic E-state index is -0.245. The molecule has 20 heavy (non-hydrogen) atoms. The van der Waals surface area contributed by atoms with Crippen molar-refractivity contribution < 1.29 is 10.2 Å². The first kappa shape index (κ1) is 14.4. The number of nitrogens with one attached hydrogen (secondary N) is 1. The van der Waals surface area contributed by atoms with Crippen molar-refractivity contribution in [1.82, 2.24) is 9.97 Å². The molecule has 6 nitrogen and oxygen atoms in total. The molecule has 1 atom stereocenters. The number of aliphatic hydroxyl groups excluding tert-OH is 1. The lowest BCUT2D eigenvalue weighted by Gasteiger charge is -2.17. The second-order valence-corrected chi connectivity index (χ2v) is 4.72. The zero-order valence-corrected chi connectivity index (χ0v) is 11.4. The molecule has 106 valence electrons. The van der Waals surface area contributed by atoms with Gasteiger partial charge in [0.2, 0.25) is 5.95 Å². The van der Waals surface area contributed by atoms with Crippen molar-refractivity contribution in [2.45, 2.75) is 12.5 Å². The van der Waals surface area contributed by atoms with E-state index in [1.54, 1.807) is 24.3 Å². The van der Waals surface area contributed by atoms with Gasteiger partial charge in [-0.3, -0.25) is 0 Å². The Morgan fingerprint density at radius 1 is 1.25 bits per heavy atom. The lowest BCUT2D eigenvalue weighted by atomic mass is 10.1. The van der Waals surface area contributed by atoms with Crippen LogP contribution in [0.25, 0.3) is 0 Å². The summed E-state index contributed by atoms with van der Waals surface area (Å²) in [4.78, 5) is 7.76. The van der Waals surface area contributed by atoms with Crippen LogP contribution >= 0.6 is 11.6 Å². The predicted octanol–water partition coefficient (Wildman–Crippen LogP) is 1.43. The van der Waals surface area contributed by atoms with Crippen LogP contribution in [0.5, 0.6) is 5.75 Å². The van der Waals surface area contributed by atoms with E-state index in [2.05, 4.69) is 15.3 Å². The van der Waals surface area contributed by atoms with E-state index >= 15 is 0 Å². The molecule has 2 rings (SSSR count). The molecule has 1 heterocycles. The summed E-state index contributed by atoms with van der Waals surface area (Å²) in [5, 5.41) is 21.9. The first-order chi connectivity index (χ1) is 9.56. The molecule has 0 aliphatic rings. The standard InChI is InChI=1S/C13H15ClN4O2/c14-11-6-12(18-13(15)17-11)16-9(7-19)5-8-1-3-10(20)4-2-8/h1-4,6,9,19-20H,5,7H2,(H3,15,16,17,18)/t9-/m0/s1. The maximum absolute atomic E-state index is 9.42. The highest BCUT2D eigenvalue weighted by molar-refractivity contribution is 6.29. The highest BCUT2D eigenvalue weighted by Gasteiger charge is 2.10. The topological polar surface area (TPSA) is 104 Å². The van der Waals surface area contributed by atoms with Crippen LogP contribution in [-0.4, -0.2) is 32.8 Å². The third kappa shape index (κ3) is 3.97. The Bertz CT molecular complexity index is 557. The van der Waals surface area contributed by atoms with E-state index in [1.807, 2.05) is 0 Å². The van der Waals surface area contributed by atoms with E-state index in [9.17, 15) is 10.2 Å². The molecule has 0 fully saturated rings. The van der Waals surface area contributed by atoms with Gasteiger partial charge >= 0.3 is 0 Å². The number of phenolic OH excluding ortho intramolecular Hbond substituents is 1. The Hall–Kier alpha value is -2.05. The van der Waals surface area contributed by atoms with Crippen LogP contribution < -0.4 is 11.1 Å². The number of aromatic hydroxyl groups is 1. The number of nitrogens with zero attached hydrogens (tertiary/aromatic N) is 2. The van der Waals surface area contributed by atoms with E-state index in [0.717, 1.165) is 5.56 Å². The largest absolute Gasteiger partial charge is 0.508 e. The van der Waals surface area contributed by atoms with Gasteiger partial charge in [-0.1, -0.05) is 23.7 Å². The van der Waals surface area contributed by atoms with Crippen molar-refractivity contribution in [3.05, 3.63) is 41.0 Å². The normalized spacial score (nSPS) is 12.1. The van der Waals surface area contributed by atoms with Gasteiger partial charge in [0.05, 0.1) is 12.6 Å². The van der Waals surface area contributed by atoms with Crippen LogP contribution in [0.2, 0.25) is 5.15 Å². The van der Waals surface area contributed by atoms with Gasteiger partial charge in [0.15, 0.2) is 0 Å². The van der Waals surface area contributed by atoms with Crippen molar-refractivity contribution in [2.24, 2.45) is 0 Å². The number of phenols is 1. The van der Waals surface area contributed by atoms with Crippen molar-refractivity contribution in [3.63, 3.8) is 0 Å². The Labute approximate surface area is 121 Å². The molecule has 0 spiro atoms. The number of aliphatic hydroxyl groups is 1. The summed E-state index contributed by atoms with van der Waals surface area (Å²) in [6.45, 7) is -0.0809. The van der Waals surface area contributed by atoms with Gasteiger partial charge in [-0.25, -0.2) is 4.98 Å². The molecule has 0 aliphatic carbocycles. The summed E-state index contributed by atoms with van der Waals surface area (Å²) in [5.74, 6) is 0.735. The highest BCUT2D eigenvalue weighted by atomic mass is 35.5. The number of halogens is 1. The molecule has 0 unspecified atom stereocenters. The van der Waals surface area contributed by atoms with Crippen LogP contribution in [0.15, 0.2) is 30.3 Å². The zero-order chi connectivity index (χ0) is 14.5. The van der Waals surface area contributed by atoms with E-state index in [-0.39, 0.29) is 29.5 Å². The summed E-state index contributed by atoms with van der Waals surface area (Å²) in [6, 6.07) is 8.08. The van der Waals surface area contributed by atoms with Crippen LogP contribution in [0, 0.1) is 0 Å². The average Bonchev–Trinajstić information content (AvgIpc) is 2.39. The van der Waals surface area contributed by atoms with Crippen molar-refractivity contribution >= 4 is 23.4 Å². The molecule has 7 heteroatoms. The summed E-state index contributed by atoms with van der Waals surface area (Å²) >= 11 is 5.79. The summed E-state index contributed by atoms with van der Waals surface area (Å²) in [7, 11) is 0. The number of benzene rings is 1. The molecule has 1 aromatic carbocycles. The molecule has 0 amide bonds. The van der Waals surface area contributed by atoms with Crippen LogP contribution in [0.3, 0.4) is 0 Å². The highest BCUT2D eigenvalue weighted by Crippen LogP contribution is 2.16. The van der Waals surface area contributed by atoms with Gasteiger partial charge in [-0.2, -0.15) is 4.98 Å². The number of hydrogen-bond acceptors (Lipinski definition) is 6. The molecule has 2 aromatic rings. The second-order valence-electron chi connectivity index (χ2n) is 4.33. The number of anilines is 2. The number of rotatable bonds is 5. The summed E-state index contributed by atoms with van der Waals surface area (Å²) < 4.78 is 0. The smallest absolute Gasteiger partial charge is 0.223 e. The third-order valence-corrected chi connectivity index (χ3v) is 2.90. The van der Waals surface area contributed by atoms with Gasteiger partial charge < -0.3 is 21.3 Å². The molecular formula is C13H15ClN4O2. The van der Waals surface area contributed by atoms with Crippen LogP contribution in [0.1, 0.15) is 5.56 Å². The molecule has 5 N–H and O–H groups in total. The fourth-order valence-corrected chi connectivity index (χ4v) is 1.99. The average molecular weight is 295 g/mol.